The van der Waals surface area contributed by atoms with Crippen LogP contribution in [0.3, 0.4) is 0 Å². The lowest BCUT2D eigenvalue weighted by atomic mass is 9.90. The summed E-state index contributed by atoms with van der Waals surface area (Å²) in [6.45, 7) is 6.26. The Bertz CT molecular complexity index is 1180. The lowest BCUT2D eigenvalue weighted by molar-refractivity contribution is 0.460. The van der Waals surface area contributed by atoms with E-state index in [1.807, 2.05) is 19.1 Å². The third-order valence-corrected chi connectivity index (χ3v) is 6.47. The zero-order valence-corrected chi connectivity index (χ0v) is 17.9. The molecule has 0 aliphatic carbocycles. The van der Waals surface area contributed by atoms with Crippen molar-refractivity contribution >= 4 is 28.0 Å². The Morgan fingerprint density at radius 3 is 2.58 bits per heavy atom. The number of H-pyrrole nitrogens is 1. The molecule has 1 fully saturated rings. The number of anilines is 2. The molecule has 0 saturated carbocycles. The number of aromatic nitrogens is 2. The molecule has 0 bridgehead atoms. The lowest BCUT2D eigenvalue weighted by Crippen LogP contribution is -2.26. The van der Waals surface area contributed by atoms with Crippen LogP contribution in [-0.4, -0.2) is 34.8 Å². The molecular formula is C24H28N6O. The third kappa shape index (κ3) is 3.81. The van der Waals surface area contributed by atoms with Crippen LogP contribution in [0.5, 0.6) is 0 Å². The molecule has 2 aliphatic heterocycles. The summed E-state index contributed by atoms with van der Waals surface area (Å²) < 4.78 is 0. The highest BCUT2D eigenvalue weighted by molar-refractivity contribution is 5.95. The molecule has 3 aromatic rings. The summed E-state index contributed by atoms with van der Waals surface area (Å²) in [6.07, 6.45) is 4.03. The molecule has 2 unspecified atom stereocenters. The first kappa shape index (κ1) is 19.8. The van der Waals surface area contributed by atoms with Gasteiger partial charge in [-0.25, -0.2) is 4.98 Å². The minimum atomic E-state index is -0.145. The third-order valence-electron chi connectivity index (χ3n) is 6.47. The van der Waals surface area contributed by atoms with Crippen molar-refractivity contribution in [1.29, 1.82) is 0 Å². The molecule has 2 aliphatic rings. The molecular weight excluding hydrogens is 388 g/mol. The van der Waals surface area contributed by atoms with E-state index in [4.69, 9.17) is 4.98 Å². The Balaban J connectivity index is 1.51. The number of benzene rings is 1. The van der Waals surface area contributed by atoms with Gasteiger partial charge in [0, 0.05) is 17.6 Å². The van der Waals surface area contributed by atoms with Gasteiger partial charge in [-0.3, -0.25) is 4.79 Å². The van der Waals surface area contributed by atoms with Crippen LogP contribution in [0.15, 0.2) is 52.5 Å². The fourth-order valence-corrected chi connectivity index (χ4v) is 4.79. The maximum absolute atomic E-state index is 12.6. The molecule has 2 aromatic heterocycles. The zero-order valence-electron chi connectivity index (χ0n) is 17.9. The Morgan fingerprint density at radius 1 is 1.10 bits per heavy atom. The minimum Gasteiger partial charge on any atom is -0.340 e. The Morgan fingerprint density at radius 2 is 1.87 bits per heavy atom. The first-order chi connectivity index (χ1) is 15.1. The fraction of sp³-hybridized carbons (Fsp3) is 0.375. The van der Waals surface area contributed by atoms with Crippen molar-refractivity contribution in [1.82, 2.24) is 20.7 Å². The molecule has 5 rings (SSSR count). The molecule has 4 N–H and O–H groups in total. The first-order valence-corrected chi connectivity index (χ1v) is 11.0. The zero-order chi connectivity index (χ0) is 21.4. The maximum atomic E-state index is 12.6. The second-order valence-electron chi connectivity index (χ2n) is 8.59. The lowest BCUT2D eigenvalue weighted by Gasteiger charge is -2.23. The SMILES string of the molecule is CC1=NNC(C)C1c1cc2cc[nH]c(=O)c2c(Nc2ccc(C3CCNCC3)cc2)n1. The molecule has 0 radical (unpaired) electrons. The van der Waals surface area contributed by atoms with Gasteiger partial charge in [-0.2, -0.15) is 5.10 Å². The van der Waals surface area contributed by atoms with Gasteiger partial charge < -0.3 is 21.0 Å². The van der Waals surface area contributed by atoms with Gasteiger partial charge in [0.15, 0.2) is 0 Å². The summed E-state index contributed by atoms with van der Waals surface area (Å²) in [5, 5.41) is 12.6. The molecule has 160 valence electrons. The van der Waals surface area contributed by atoms with Crippen molar-refractivity contribution in [3.8, 4) is 0 Å². The van der Waals surface area contributed by atoms with Crippen molar-refractivity contribution in [3.63, 3.8) is 0 Å². The van der Waals surface area contributed by atoms with Crippen molar-refractivity contribution in [3.05, 3.63) is 64.2 Å². The van der Waals surface area contributed by atoms with Gasteiger partial charge in [0.05, 0.1) is 23.0 Å². The van der Waals surface area contributed by atoms with E-state index in [9.17, 15) is 4.79 Å². The highest BCUT2D eigenvalue weighted by Gasteiger charge is 2.29. The van der Waals surface area contributed by atoms with E-state index in [1.165, 1.54) is 18.4 Å². The van der Waals surface area contributed by atoms with Crippen LogP contribution < -0.4 is 21.6 Å². The fourth-order valence-electron chi connectivity index (χ4n) is 4.79. The van der Waals surface area contributed by atoms with Gasteiger partial charge >= 0.3 is 0 Å². The molecule has 0 spiro atoms. The number of fused-ring (bicyclic) bond motifs is 1. The first-order valence-electron chi connectivity index (χ1n) is 11.0. The van der Waals surface area contributed by atoms with E-state index in [0.717, 1.165) is 35.6 Å². The molecule has 4 heterocycles. The van der Waals surface area contributed by atoms with Crippen LogP contribution in [0.25, 0.3) is 10.8 Å². The molecule has 2 atom stereocenters. The molecule has 7 nitrogen and oxygen atoms in total. The number of nitrogens with one attached hydrogen (secondary N) is 4. The highest BCUT2D eigenvalue weighted by Crippen LogP contribution is 2.31. The van der Waals surface area contributed by atoms with Gasteiger partial charge in [0.2, 0.25) is 0 Å². The summed E-state index contributed by atoms with van der Waals surface area (Å²) in [6, 6.07) is 12.6. The van der Waals surface area contributed by atoms with Crippen molar-refractivity contribution in [2.24, 2.45) is 5.10 Å². The van der Waals surface area contributed by atoms with Crippen LogP contribution in [-0.2, 0) is 0 Å². The number of hydrogen-bond donors (Lipinski definition) is 4. The van der Waals surface area contributed by atoms with E-state index in [0.29, 0.717) is 17.1 Å². The van der Waals surface area contributed by atoms with Gasteiger partial charge in [0.25, 0.3) is 5.56 Å². The average molecular weight is 417 g/mol. The summed E-state index contributed by atoms with van der Waals surface area (Å²) in [7, 11) is 0. The number of aromatic amines is 1. The van der Waals surface area contributed by atoms with Gasteiger partial charge in [-0.05, 0) is 80.9 Å². The number of hydrogen-bond acceptors (Lipinski definition) is 6. The number of piperidine rings is 1. The second kappa shape index (κ2) is 8.15. The van der Waals surface area contributed by atoms with Crippen LogP contribution in [0.1, 0.15) is 49.8 Å². The number of nitrogens with zero attached hydrogens (tertiary/aromatic N) is 2. The van der Waals surface area contributed by atoms with Crippen LogP contribution >= 0.6 is 0 Å². The van der Waals surface area contributed by atoms with Gasteiger partial charge in [-0.1, -0.05) is 12.1 Å². The maximum Gasteiger partial charge on any atom is 0.259 e. The topological polar surface area (TPSA) is 94.2 Å². The standard InChI is InChI=1S/C24H28N6O/c1-14-21(15(2)30-29-14)20-13-18-9-12-26-24(31)22(18)23(28-20)27-19-5-3-16(4-6-19)17-7-10-25-11-8-17/h3-6,9,12-14,17,21,25,29H,7-8,10-11H2,1-2H3,(H,26,31)(H,27,28). The van der Waals surface area contributed by atoms with Crippen LogP contribution in [0, 0.1) is 0 Å². The van der Waals surface area contributed by atoms with Crippen molar-refractivity contribution < 1.29 is 0 Å². The van der Waals surface area contributed by atoms with E-state index in [1.54, 1.807) is 6.20 Å². The smallest absolute Gasteiger partial charge is 0.259 e. The van der Waals surface area contributed by atoms with Crippen molar-refractivity contribution in [2.75, 3.05) is 18.4 Å². The normalized spacial score (nSPS) is 21.7. The number of hydrazone groups is 1. The Hall–Kier alpha value is -3.19. The minimum absolute atomic E-state index is 0.0755. The molecule has 0 amide bonds. The monoisotopic (exact) mass is 416 g/mol. The van der Waals surface area contributed by atoms with Gasteiger partial charge in [-0.15, -0.1) is 0 Å². The second-order valence-corrected chi connectivity index (χ2v) is 8.59. The number of pyridine rings is 2. The molecule has 1 aromatic carbocycles. The molecule has 31 heavy (non-hydrogen) atoms. The van der Waals surface area contributed by atoms with Gasteiger partial charge in [0.1, 0.15) is 5.82 Å². The summed E-state index contributed by atoms with van der Waals surface area (Å²) in [5.41, 5.74) is 7.20. The van der Waals surface area contributed by atoms with Crippen LogP contribution in [0.4, 0.5) is 11.5 Å². The number of rotatable bonds is 4. The summed E-state index contributed by atoms with van der Waals surface area (Å²) >= 11 is 0. The Labute approximate surface area is 181 Å². The molecule has 1 saturated heterocycles. The predicted molar refractivity (Wildman–Crippen MR) is 125 cm³/mol. The predicted octanol–water partition coefficient (Wildman–Crippen LogP) is 3.58. The van der Waals surface area contributed by atoms with Crippen LogP contribution in [0.2, 0.25) is 0 Å². The highest BCUT2D eigenvalue weighted by atomic mass is 16.1. The van der Waals surface area contributed by atoms with E-state index < -0.39 is 0 Å². The quantitative estimate of drug-likeness (QED) is 0.522. The Kier molecular flexibility index (Phi) is 5.19. The van der Waals surface area contributed by atoms with E-state index in [-0.39, 0.29) is 17.5 Å². The largest absolute Gasteiger partial charge is 0.340 e. The van der Waals surface area contributed by atoms with E-state index >= 15 is 0 Å². The summed E-state index contributed by atoms with van der Waals surface area (Å²) in [5.74, 6) is 1.27. The average Bonchev–Trinajstić information content (AvgIpc) is 3.12. The molecule has 7 heteroatoms. The van der Waals surface area contributed by atoms with Crippen molar-refractivity contribution in [2.45, 2.75) is 44.6 Å². The summed E-state index contributed by atoms with van der Waals surface area (Å²) in [4.78, 5) is 20.3. The van der Waals surface area contributed by atoms with E-state index in [2.05, 4.69) is 57.3 Å².